The monoisotopic (exact) mass is 277 g/mol. The third kappa shape index (κ3) is 2.93. The predicted octanol–water partition coefficient (Wildman–Crippen LogP) is 3.80. The zero-order valence-electron chi connectivity index (χ0n) is 10.4. The molecule has 0 fully saturated rings. The molecular weight excluding hydrogens is 265 g/mol. The van der Waals surface area contributed by atoms with Gasteiger partial charge in [-0.2, -0.15) is 0 Å². The third-order valence-corrected chi connectivity index (χ3v) is 3.33. The van der Waals surface area contributed by atoms with Crippen molar-refractivity contribution in [3.05, 3.63) is 63.9 Å². The van der Waals surface area contributed by atoms with Crippen molar-refractivity contribution in [1.29, 1.82) is 0 Å². The van der Waals surface area contributed by atoms with Gasteiger partial charge in [-0.3, -0.25) is 4.79 Å². The summed E-state index contributed by atoms with van der Waals surface area (Å²) in [5, 5.41) is 0.0522. The van der Waals surface area contributed by atoms with Crippen LogP contribution in [0.2, 0.25) is 5.02 Å². The molecule has 0 amide bonds. The third-order valence-electron chi connectivity index (χ3n) is 3.02. The molecule has 0 saturated carbocycles. The van der Waals surface area contributed by atoms with Crippen LogP contribution >= 0.6 is 11.6 Å². The summed E-state index contributed by atoms with van der Waals surface area (Å²) in [6.45, 7) is 1.80. The van der Waals surface area contributed by atoms with E-state index in [1.165, 1.54) is 12.1 Å². The molecule has 0 aromatic heterocycles. The molecule has 0 aliphatic heterocycles. The molecule has 2 aromatic rings. The Balaban J connectivity index is 2.26. The molecule has 0 saturated heterocycles. The van der Waals surface area contributed by atoms with Crippen LogP contribution in [0.5, 0.6) is 0 Å². The fraction of sp³-hybridized carbons (Fsp3) is 0.133. The van der Waals surface area contributed by atoms with Gasteiger partial charge in [-0.1, -0.05) is 29.8 Å². The maximum Gasteiger partial charge on any atom is 0.167 e. The van der Waals surface area contributed by atoms with Crippen molar-refractivity contribution in [2.24, 2.45) is 0 Å². The van der Waals surface area contributed by atoms with Crippen molar-refractivity contribution in [3.63, 3.8) is 0 Å². The van der Waals surface area contributed by atoms with Gasteiger partial charge in [0.1, 0.15) is 5.82 Å². The number of ketones is 1. The van der Waals surface area contributed by atoms with E-state index in [4.69, 9.17) is 17.3 Å². The summed E-state index contributed by atoms with van der Waals surface area (Å²) in [6, 6.07) is 9.57. The van der Waals surface area contributed by atoms with Crippen LogP contribution in [0, 0.1) is 12.7 Å². The van der Waals surface area contributed by atoms with Crippen LogP contribution in [0.25, 0.3) is 0 Å². The van der Waals surface area contributed by atoms with Crippen molar-refractivity contribution in [3.8, 4) is 0 Å². The number of Topliss-reactive ketones (excluding diaryl/α,β-unsaturated/α-hetero) is 1. The van der Waals surface area contributed by atoms with E-state index in [1.807, 2.05) is 0 Å². The zero-order valence-corrected chi connectivity index (χ0v) is 11.2. The zero-order chi connectivity index (χ0) is 14.0. The van der Waals surface area contributed by atoms with Gasteiger partial charge in [0, 0.05) is 17.7 Å². The molecule has 0 heterocycles. The number of benzene rings is 2. The second-order valence-electron chi connectivity index (χ2n) is 4.37. The Morgan fingerprint density at radius 3 is 2.74 bits per heavy atom. The van der Waals surface area contributed by atoms with Crippen molar-refractivity contribution < 1.29 is 9.18 Å². The van der Waals surface area contributed by atoms with Crippen molar-refractivity contribution in [1.82, 2.24) is 0 Å². The van der Waals surface area contributed by atoms with Gasteiger partial charge in [-0.05, 0) is 36.2 Å². The fourth-order valence-corrected chi connectivity index (χ4v) is 2.00. The Labute approximate surface area is 116 Å². The molecule has 2 rings (SSSR count). The summed E-state index contributed by atoms with van der Waals surface area (Å²) >= 11 is 5.60. The maximum atomic E-state index is 13.3. The van der Waals surface area contributed by atoms with Crippen molar-refractivity contribution in [2.45, 2.75) is 13.3 Å². The Bertz CT molecular complexity index is 640. The Morgan fingerprint density at radius 1 is 1.32 bits per heavy atom. The van der Waals surface area contributed by atoms with E-state index < -0.39 is 5.82 Å². The summed E-state index contributed by atoms with van der Waals surface area (Å²) in [5.74, 6) is -0.609. The second-order valence-corrected chi connectivity index (χ2v) is 4.78. The van der Waals surface area contributed by atoms with E-state index in [0.29, 0.717) is 16.8 Å². The highest BCUT2D eigenvalue weighted by atomic mass is 35.5. The molecule has 2 nitrogen and oxygen atoms in total. The summed E-state index contributed by atoms with van der Waals surface area (Å²) in [5.41, 5.74) is 8.25. The van der Waals surface area contributed by atoms with Crippen LogP contribution in [0.4, 0.5) is 10.1 Å². The first-order valence-corrected chi connectivity index (χ1v) is 6.19. The number of nitrogens with two attached hydrogens (primary N) is 1. The van der Waals surface area contributed by atoms with Crippen LogP contribution in [-0.2, 0) is 6.42 Å². The molecular formula is C15H13ClFNO. The van der Waals surface area contributed by atoms with E-state index in [9.17, 15) is 9.18 Å². The molecule has 98 valence electrons. The smallest absolute Gasteiger partial charge is 0.167 e. The molecule has 0 radical (unpaired) electrons. The number of halogens is 2. The number of carbonyl (C=O) groups excluding carboxylic acids is 1. The van der Waals surface area contributed by atoms with Crippen molar-refractivity contribution >= 4 is 23.1 Å². The van der Waals surface area contributed by atoms with Gasteiger partial charge in [-0.15, -0.1) is 0 Å². The Morgan fingerprint density at radius 2 is 2.05 bits per heavy atom. The van der Waals surface area contributed by atoms with Gasteiger partial charge in [-0.25, -0.2) is 4.39 Å². The highest BCUT2D eigenvalue weighted by Gasteiger charge is 2.12. The number of anilines is 1. The average Bonchev–Trinajstić information content (AvgIpc) is 2.37. The Kier molecular flexibility index (Phi) is 3.86. The Hall–Kier alpha value is -1.87. The molecule has 0 aliphatic carbocycles. The van der Waals surface area contributed by atoms with Crippen LogP contribution in [-0.4, -0.2) is 5.78 Å². The predicted molar refractivity (Wildman–Crippen MR) is 75.0 cm³/mol. The lowest BCUT2D eigenvalue weighted by Gasteiger charge is -2.07. The molecule has 0 spiro atoms. The van der Waals surface area contributed by atoms with Crippen LogP contribution in [0.1, 0.15) is 21.5 Å². The average molecular weight is 278 g/mol. The number of hydrogen-bond donors (Lipinski definition) is 1. The number of nitrogen functional groups attached to an aromatic ring is 1. The minimum atomic E-state index is -0.517. The molecule has 2 aromatic carbocycles. The summed E-state index contributed by atoms with van der Waals surface area (Å²) in [7, 11) is 0. The normalized spacial score (nSPS) is 10.5. The lowest BCUT2D eigenvalue weighted by Crippen LogP contribution is -2.07. The summed E-state index contributed by atoms with van der Waals surface area (Å²) in [4.78, 5) is 12.2. The second kappa shape index (κ2) is 5.41. The summed E-state index contributed by atoms with van der Waals surface area (Å²) in [6.07, 6.45) is 0.123. The number of carbonyl (C=O) groups is 1. The lowest BCUT2D eigenvalue weighted by atomic mass is 9.98. The molecule has 0 atom stereocenters. The molecule has 0 bridgehead atoms. The van der Waals surface area contributed by atoms with Crippen LogP contribution in [0.3, 0.4) is 0 Å². The first kappa shape index (κ1) is 13.6. The standard InChI is InChI=1S/C15H13ClFNO/c1-9-11(3-2-4-14(9)18)15(19)8-10-5-6-12(16)13(17)7-10/h2-7H,8,18H2,1H3. The minimum absolute atomic E-state index is 0.0522. The van der Waals surface area contributed by atoms with E-state index in [0.717, 1.165) is 5.56 Å². The van der Waals surface area contributed by atoms with Crippen molar-refractivity contribution in [2.75, 3.05) is 5.73 Å². The highest BCUT2D eigenvalue weighted by molar-refractivity contribution is 6.30. The van der Waals surface area contributed by atoms with E-state index >= 15 is 0 Å². The molecule has 0 unspecified atom stereocenters. The SMILES string of the molecule is Cc1c(N)cccc1C(=O)Cc1ccc(Cl)c(F)c1. The molecule has 19 heavy (non-hydrogen) atoms. The number of hydrogen-bond acceptors (Lipinski definition) is 2. The fourth-order valence-electron chi connectivity index (χ4n) is 1.89. The van der Waals surface area contributed by atoms with Gasteiger partial charge in [0.2, 0.25) is 0 Å². The van der Waals surface area contributed by atoms with E-state index in [1.54, 1.807) is 31.2 Å². The topological polar surface area (TPSA) is 43.1 Å². The first-order chi connectivity index (χ1) is 8.99. The first-order valence-electron chi connectivity index (χ1n) is 5.81. The molecule has 4 heteroatoms. The van der Waals surface area contributed by atoms with E-state index in [-0.39, 0.29) is 17.2 Å². The minimum Gasteiger partial charge on any atom is -0.398 e. The van der Waals surface area contributed by atoms with Gasteiger partial charge in [0.05, 0.1) is 5.02 Å². The van der Waals surface area contributed by atoms with Gasteiger partial charge < -0.3 is 5.73 Å². The highest BCUT2D eigenvalue weighted by Crippen LogP contribution is 2.20. The molecule has 0 aliphatic rings. The number of rotatable bonds is 3. The maximum absolute atomic E-state index is 13.3. The van der Waals surface area contributed by atoms with E-state index in [2.05, 4.69) is 0 Å². The molecule has 2 N–H and O–H groups in total. The van der Waals surface area contributed by atoms with Gasteiger partial charge >= 0.3 is 0 Å². The quantitative estimate of drug-likeness (QED) is 0.685. The lowest BCUT2D eigenvalue weighted by molar-refractivity contribution is 0.0992. The largest absolute Gasteiger partial charge is 0.398 e. The van der Waals surface area contributed by atoms with Crippen LogP contribution < -0.4 is 5.73 Å². The summed E-state index contributed by atoms with van der Waals surface area (Å²) < 4.78 is 13.3. The van der Waals surface area contributed by atoms with Crippen LogP contribution in [0.15, 0.2) is 36.4 Å². The van der Waals surface area contributed by atoms with Gasteiger partial charge in [0.15, 0.2) is 5.78 Å². The van der Waals surface area contributed by atoms with Gasteiger partial charge in [0.25, 0.3) is 0 Å².